The summed E-state index contributed by atoms with van der Waals surface area (Å²) in [6.45, 7) is 1.56. The van der Waals surface area contributed by atoms with Crippen LogP contribution < -0.4 is 9.47 Å². The van der Waals surface area contributed by atoms with Crippen LogP contribution in [0.5, 0.6) is 0 Å². The highest BCUT2D eigenvalue weighted by atomic mass is 16.2. The first-order chi connectivity index (χ1) is 15.2. The Bertz CT molecular complexity index is 1260. The second kappa shape index (κ2) is 9.23. The molecule has 0 aliphatic carbocycles. The lowest BCUT2D eigenvalue weighted by atomic mass is 10.0. The molecule has 4 aromatic rings. The summed E-state index contributed by atoms with van der Waals surface area (Å²) in [5, 5.41) is 2.44. The van der Waals surface area contributed by atoms with Crippen LogP contribution in [0.25, 0.3) is 27.9 Å². The first-order valence-corrected chi connectivity index (χ1v) is 10.3. The number of anilines is 1. The van der Waals surface area contributed by atoms with E-state index >= 15 is 0 Å². The molecule has 0 fully saturated rings. The molecule has 1 aromatic heterocycles. The maximum Gasteiger partial charge on any atom is 0.227 e. The molecular formula is C28H25N2O+. The Morgan fingerprint density at radius 3 is 1.90 bits per heavy atom. The molecule has 0 aliphatic heterocycles. The fourth-order valence-electron chi connectivity index (χ4n) is 3.82. The van der Waals surface area contributed by atoms with E-state index in [1.165, 1.54) is 27.4 Å². The van der Waals surface area contributed by atoms with E-state index in [0.717, 1.165) is 5.69 Å². The highest BCUT2D eigenvalue weighted by Crippen LogP contribution is 2.25. The zero-order valence-electron chi connectivity index (χ0n) is 17.8. The van der Waals surface area contributed by atoms with E-state index in [1.54, 1.807) is 18.0 Å². The molecule has 0 aliphatic rings. The Morgan fingerprint density at radius 2 is 1.29 bits per heavy atom. The standard InChI is InChI=1S/C28H25N2O/c1-22(31)30(23-14-6-5-7-15-23)21-13-4-3-8-16-24-25-17-9-11-19-27(25)29(2)28-20-12-10-18-26(24)28/h3-21H,1-2H3/q+1. The van der Waals surface area contributed by atoms with E-state index < -0.39 is 0 Å². The van der Waals surface area contributed by atoms with Gasteiger partial charge in [-0.05, 0) is 30.3 Å². The lowest BCUT2D eigenvalue weighted by molar-refractivity contribution is -0.617. The minimum absolute atomic E-state index is 0.0264. The summed E-state index contributed by atoms with van der Waals surface area (Å²) in [4.78, 5) is 13.6. The molecule has 31 heavy (non-hydrogen) atoms. The van der Waals surface area contributed by atoms with Crippen LogP contribution in [0.1, 0.15) is 12.5 Å². The fraction of sp³-hybridized carbons (Fsp3) is 0.0714. The third-order valence-corrected chi connectivity index (χ3v) is 5.32. The summed E-state index contributed by atoms with van der Waals surface area (Å²) < 4.78 is 2.24. The van der Waals surface area contributed by atoms with Crippen molar-refractivity contribution in [3.05, 3.63) is 115 Å². The van der Waals surface area contributed by atoms with Crippen molar-refractivity contribution >= 4 is 39.5 Å². The first-order valence-electron chi connectivity index (χ1n) is 10.3. The molecule has 0 saturated carbocycles. The van der Waals surface area contributed by atoms with Crippen LogP contribution in [0.3, 0.4) is 0 Å². The van der Waals surface area contributed by atoms with Crippen molar-refractivity contribution in [1.82, 2.24) is 0 Å². The number of nitrogens with zero attached hydrogens (tertiary/aromatic N) is 2. The fourth-order valence-corrected chi connectivity index (χ4v) is 3.82. The number of para-hydroxylation sites is 3. The van der Waals surface area contributed by atoms with Gasteiger partial charge >= 0.3 is 0 Å². The summed E-state index contributed by atoms with van der Waals surface area (Å²) in [6, 6.07) is 26.5. The normalized spacial score (nSPS) is 11.9. The van der Waals surface area contributed by atoms with E-state index in [-0.39, 0.29) is 5.91 Å². The number of hydrogen-bond donors (Lipinski definition) is 0. The Kier molecular flexibility index (Phi) is 6.04. The topological polar surface area (TPSA) is 24.2 Å². The lowest BCUT2D eigenvalue weighted by Gasteiger charge is -2.15. The van der Waals surface area contributed by atoms with E-state index in [0.29, 0.717) is 0 Å². The van der Waals surface area contributed by atoms with Crippen molar-refractivity contribution in [3.8, 4) is 0 Å². The number of rotatable bonds is 5. The second-order valence-corrected chi connectivity index (χ2v) is 7.32. The third-order valence-electron chi connectivity index (χ3n) is 5.32. The number of allylic oxidation sites excluding steroid dienone is 4. The molecule has 0 spiro atoms. The Morgan fingerprint density at radius 1 is 0.742 bits per heavy atom. The number of fused-ring (bicyclic) bond motifs is 2. The quantitative estimate of drug-likeness (QED) is 0.229. The number of hydrogen-bond acceptors (Lipinski definition) is 1. The van der Waals surface area contributed by atoms with Crippen molar-refractivity contribution < 1.29 is 9.36 Å². The van der Waals surface area contributed by atoms with Crippen LogP contribution in [0.15, 0.2) is 109 Å². The van der Waals surface area contributed by atoms with Gasteiger partial charge in [0.25, 0.3) is 0 Å². The minimum atomic E-state index is -0.0264. The van der Waals surface area contributed by atoms with E-state index in [9.17, 15) is 4.79 Å². The van der Waals surface area contributed by atoms with Crippen molar-refractivity contribution in [2.75, 3.05) is 4.90 Å². The summed E-state index contributed by atoms with van der Waals surface area (Å²) in [5.74, 6) is -0.0264. The third kappa shape index (κ3) is 4.31. The SMILES string of the molecule is CC(=O)N(/C=C/C=C/C=C/c1c2ccccc2[n+](C)c2ccccc12)c1ccccc1. The molecule has 3 nitrogen and oxygen atoms in total. The van der Waals surface area contributed by atoms with Crippen molar-refractivity contribution in [2.24, 2.45) is 7.05 Å². The lowest BCUT2D eigenvalue weighted by Crippen LogP contribution is -2.30. The molecule has 1 heterocycles. The van der Waals surface area contributed by atoms with Gasteiger partial charge in [-0.15, -0.1) is 0 Å². The number of carbonyl (C=O) groups is 1. The molecule has 3 heteroatoms. The average molecular weight is 406 g/mol. The van der Waals surface area contributed by atoms with Crippen LogP contribution in [0.4, 0.5) is 5.69 Å². The van der Waals surface area contributed by atoms with Crippen LogP contribution in [-0.2, 0) is 11.8 Å². The number of pyridine rings is 1. The highest BCUT2D eigenvalue weighted by Gasteiger charge is 2.15. The summed E-state index contributed by atoms with van der Waals surface area (Å²) >= 11 is 0. The summed E-state index contributed by atoms with van der Waals surface area (Å²) in [5.41, 5.74) is 4.45. The van der Waals surface area contributed by atoms with Crippen LogP contribution in [-0.4, -0.2) is 5.91 Å². The molecule has 4 rings (SSSR count). The molecule has 0 saturated heterocycles. The summed E-state index contributed by atoms with van der Waals surface area (Å²) in [7, 11) is 2.11. The molecule has 0 atom stereocenters. The number of aryl methyl sites for hydroxylation is 1. The number of aromatic nitrogens is 1. The molecule has 152 valence electrons. The highest BCUT2D eigenvalue weighted by molar-refractivity contribution is 6.00. The van der Waals surface area contributed by atoms with E-state index in [2.05, 4.69) is 66.2 Å². The largest absolute Gasteiger partial charge is 0.288 e. The van der Waals surface area contributed by atoms with Gasteiger partial charge in [0.2, 0.25) is 16.9 Å². The predicted molar refractivity (Wildman–Crippen MR) is 130 cm³/mol. The Balaban J connectivity index is 1.62. The Labute approximate surface area is 182 Å². The van der Waals surface area contributed by atoms with Gasteiger partial charge in [-0.25, -0.2) is 0 Å². The molecule has 0 unspecified atom stereocenters. The van der Waals surface area contributed by atoms with Gasteiger partial charge in [-0.2, -0.15) is 4.57 Å². The van der Waals surface area contributed by atoms with Crippen molar-refractivity contribution in [3.63, 3.8) is 0 Å². The smallest absolute Gasteiger partial charge is 0.227 e. The molecule has 0 radical (unpaired) electrons. The van der Waals surface area contributed by atoms with Crippen molar-refractivity contribution in [1.29, 1.82) is 0 Å². The molecule has 1 amide bonds. The molecular weight excluding hydrogens is 380 g/mol. The number of carbonyl (C=O) groups excluding carboxylic acids is 1. The molecule has 3 aromatic carbocycles. The van der Waals surface area contributed by atoms with E-state index in [1.807, 2.05) is 54.6 Å². The van der Waals surface area contributed by atoms with Crippen LogP contribution in [0.2, 0.25) is 0 Å². The second-order valence-electron chi connectivity index (χ2n) is 7.32. The van der Waals surface area contributed by atoms with Gasteiger partial charge < -0.3 is 0 Å². The first kappa shape index (κ1) is 20.3. The predicted octanol–water partition coefficient (Wildman–Crippen LogP) is 5.95. The van der Waals surface area contributed by atoms with Gasteiger partial charge in [0.1, 0.15) is 7.05 Å². The van der Waals surface area contributed by atoms with Gasteiger partial charge in [-0.1, -0.05) is 66.8 Å². The van der Waals surface area contributed by atoms with Gasteiger partial charge in [0.05, 0.1) is 10.8 Å². The van der Waals surface area contributed by atoms with Crippen molar-refractivity contribution in [2.45, 2.75) is 6.92 Å². The zero-order chi connectivity index (χ0) is 21.6. The van der Waals surface area contributed by atoms with Crippen LogP contribution >= 0.6 is 0 Å². The van der Waals surface area contributed by atoms with Crippen LogP contribution in [0, 0.1) is 0 Å². The molecule has 0 bridgehead atoms. The minimum Gasteiger partial charge on any atom is -0.288 e. The van der Waals surface area contributed by atoms with Gasteiger partial charge in [0.15, 0.2) is 0 Å². The van der Waals surface area contributed by atoms with E-state index in [4.69, 9.17) is 0 Å². The van der Waals surface area contributed by atoms with Gasteiger partial charge in [-0.3, -0.25) is 9.69 Å². The number of amides is 1. The Hall–Kier alpha value is -3.98. The average Bonchev–Trinajstić information content (AvgIpc) is 2.81. The monoisotopic (exact) mass is 405 g/mol. The maximum atomic E-state index is 12.0. The number of benzene rings is 3. The molecule has 0 N–H and O–H groups in total. The summed E-state index contributed by atoms with van der Waals surface area (Å²) in [6.07, 6.45) is 11.8. The zero-order valence-corrected chi connectivity index (χ0v) is 17.8. The van der Waals surface area contributed by atoms with Gasteiger partial charge in [0, 0.05) is 36.5 Å². The maximum absolute atomic E-state index is 12.0.